The molecule has 0 radical (unpaired) electrons. The van der Waals surface area contributed by atoms with Crippen molar-refractivity contribution < 1.29 is 9.59 Å². The largest absolute Gasteiger partial charge is 0.359 e. The van der Waals surface area contributed by atoms with E-state index < -0.39 is 0 Å². The highest BCUT2D eigenvalue weighted by Gasteiger charge is 2.31. The first-order valence-corrected chi connectivity index (χ1v) is 9.04. The molecule has 3 heterocycles. The molecule has 0 fully saturated rings. The Hall–Kier alpha value is -2.67. The van der Waals surface area contributed by atoms with Crippen molar-refractivity contribution in [2.45, 2.75) is 19.0 Å². The smallest absolute Gasteiger partial charge is 0.255 e. The van der Waals surface area contributed by atoms with Crippen LogP contribution in [-0.2, 0) is 11.3 Å². The Morgan fingerprint density at radius 1 is 1.32 bits per heavy atom. The van der Waals surface area contributed by atoms with Gasteiger partial charge < -0.3 is 10.2 Å². The molecule has 2 aromatic heterocycles. The maximum absolute atomic E-state index is 13.1. The molecule has 1 atom stereocenters. The average Bonchev–Trinajstić information content (AvgIpc) is 3.27. The predicted molar refractivity (Wildman–Crippen MR) is 96.5 cm³/mol. The van der Waals surface area contributed by atoms with E-state index in [1.807, 2.05) is 45.3 Å². The van der Waals surface area contributed by atoms with Gasteiger partial charge in [0.15, 0.2) is 0 Å². The summed E-state index contributed by atoms with van der Waals surface area (Å²) in [5.41, 5.74) is 1.68. The zero-order valence-corrected chi connectivity index (χ0v) is 14.6. The van der Waals surface area contributed by atoms with Crippen LogP contribution < -0.4 is 5.32 Å². The van der Waals surface area contributed by atoms with E-state index in [0.717, 1.165) is 21.3 Å². The number of nitrogens with zero attached hydrogens (tertiary/aromatic N) is 3. The Kier molecular flexibility index (Phi) is 4.01. The van der Waals surface area contributed by atoms with Crippen molar-refractivity contribution in [2.24, 2.45) is 0 Å². The van der Waals surface area contributed by atoms with Crippen molar-refractivity contribution in [1.82, 2.24) is 20.0 Å². The molecular formula is C18H18N4O2S. The number of carbonyl (C=O) groups excluding carboxylic acids is 2. The van der Waals surface area contributed by atoms with E-state index in [0.29, 0.717) is 19.5 Å². The highest BCUT2D eigenvalue weighted by molar-refractivity contribution is 7.17. The fourth-order valence-electron chi connectivity index (χ4n) is 3.32. The summed E-state index contributed by atoms with van der Waals surface area (Å²) in [5.74, 6) is -0.0476. The molecule has 7 heteroatoms. The van der Waals surface area contributed by atoms with Crippen LogP contribution in [0.5, 0.6) is 0 Å². The van der Waals surface area contributed by atoms with Gasteiger partial charge in [0.2, 0.25) is 5.91 Å². The highest BCUT2D eigenvalue weighted by Crippen LogP contribution is 2.29. The summed E-state index contributed by atoms with van der Waals surface area (Å²) in [7, 11) is 1.62. The van der Waals surface area contributed by atoms with Gasteiger partial charge in [0.25, 0.3) is 5.91 Å². The first-order valence-electron chi connectivity index (χ1n) is 8.16. The van der Waals surface area contributed by atoms with Gasteiger partial charge in [-0.15, -0.1) is 11.3 Å². The number of benzene rings is 1. The van der Waals surface area contributed by atoms with E-state index in [-0.39, 0.29) is 17.9 Å². The van der Waals surface area contributed by atoms with Crippen LogP contribution in [0.4, 0.5) is 0 Å². The molecule has 4 rings (SSSR count). The molecule has 1 aromatic carbocycles. The Morgan fingerprint density at radius 3 is 3.00 bits per heavy atom. The standard InChI is InChI=1S/C18H18N4O2S/c1-19-17(23)8-13-10-21(9-12-6-7-20-22(12)13)18(24)15-11-25-16-5-3-2-4-14(15)16/h2-7,11,13H,8-10H2,1H3,(H,19,23)/t13-/m0/s1. The molecule has 6 nitrogen and oxygen atoms in total. The summed E-state index contributed by atoms with van der Waals surface area (Å²) in [4.78, 5) is 26.8. The monoisotopic (exact) mass is 354 g/mol. The number of hydrogen-bond acceptors (Lipinski definition) is 4. The van der Waals surface area contributed by atoms with E-state index in [2.05, 4.69) is 10.4 Å². The van der Waals surface area contributed by atoms with E-state index in [1.54, 1.807) is 24.6 Å². The molecule has 1 N–H and O–H groups in total. The second kappa shape index (κ2) is 6.33. The Balaban J connectivity index is 1.64. The first kappa shape index (κ1) is 15.8. The number of rotatable bonds is 3. The predicted octanol–water partition coefficient (Wildman–Crippen LogP) is 2.43. The summed E-state index contributed by atoms with van der Waals surface area (Å²) in [6, 6.07) is 9.69. The number of fused-ring (bicyclic) bond motifs is 2. The second-order valence-electron chi connectivity index (χ2n) is 6.13. The van der Waals surface area contributed by atoms with Crippen LogP contribution in [0.15, 0.2) is 41.9 Å². The summed E-state index contributed by atoms with van der Waals surface area (Å²) in [6.07, 6.45) is 2.03. The minimum absolute atomic E-state index is 0.00630. The zero-order valence-electron chi connectivity index (χ0n) is 13.8. The fraction of sp³-hybridized carbons (Fsp3) is 0.278. The van der Waals surface area contributed by atoms with Crippen LogP contribution in [-0.4, -0.2) is 40.1 Å². The summed E-state index contributed by atoms with van der Waals surface area (Å²) < 4.78 is 2.97. The van der Waals surface area contributed by atoms with Gasteiger partial charge in [0.1, 0.15) is 0 Å². The van der Waals surface area contributed by atoms with E-state index in [9.17, 15) is 9.59 Å². The quantitative estimate of drug-likeness (QED) is 0.785. The van der Waals surface area contributed by atoms with Crippen LogP contribution in [0.2, 0.25) is 0 Å². The van der Waals surface area contributed by atoms with Gasteiger partial charge in [-0.1, -0.05) is 18.2 Å². The molecular weight excluding hydrogens is 336 g/mol. The second-order valence-corrected chi connectivity index (χ2v) is 7.04. The molecule has 0 bridgehead atoms. The van der Waals surface area contributed by atoms with Gasteiger partial charge in [0.05, 0.1) is 30.3 Å². The van der Waals surface area contributed by atoms with Crippen molar-refractivity contribution in [3.05, 3.63) is 53.2 Å². The topological polar surface area (TPSA) is 67.2 Å². The molecule has 0 unspecified atom stereocenters. The summed E-state index contributed by atoms with van der Waals surface area (Å²) in [5, 5.41) is 9.89. The molecule has 3 aromatic rings. The molecule has 0 saturated heterocycles. The molecule has 2 amide bonds. The van der Waals surface area contributed by atoms with Gasteiger partial charge in [-0.2, -0.15) is 5.10 Å². The van der Waals surface area contributed by atoms with Crippen molar-refractivity contribution in [3.63, 3.8) is 0 Å². The normalized spacial score (nSPS) is 16.7. The minimum atomic E-state index is -0.146. The Labute approximate surface area is 149 Å². The average molecular weight is 354 g/mol. The lowest BCUT2D eigenvalue weighted by atomic mass is 10.1. The molecule has 25 heavy (non-hydrogen) atoms. The number of aromatic nitrogens is 2. The van der Waals surface area contributed by atoms with E-state index in [4.69, 9.17) is 0 Å². The summed E-state index contributed by atoms with van der Waals surface area (Å²) >= 11 is 1.58. The van der Waals surface area contributed by atoms with Gasteiger partial charge in [-0.05, 0) is 12.1 Å². The van der Waals surface area contributed by atoms with Crippen LogP contribution >= 0.6 is 11.3 Å². The van der Waals surface area contributed by atoms with Crippen LogP contribution in [0.25, 0.3) is 10.1 Å². The van der Waals surface area contributed by atoms with E-state index in [1.165, 1.54) is 0 Å². The molecule has 0 aliphatic carbocycles. The number of carbonyl (C=O) groups is 2. The van der Waals surface area contributed by atoms with Crippen molar-refractivity contribution in [2.75, 3.05) is 13.6 Å². The SMILES string of the molecule is CNC(=O)C[C@H]1CN(C(=O)c2csc3ccccc23)Cc2ccnn21. The number of nitrogens with one attached hydrogen (secondary N) is 1. The third kappa shape index (κ3) is 2.80. The maximum Gasteiger partial charge on any atom is 0.255 e. The third-order valence-electron chi connectivity index (χ3n) is 4.58. The van der Waals surface area contributed by atoms with Crippen molar-refractivity contribution in [3.8, 4) is 0 Å². The van der Waals surface area contributed by atoms with Gasteiger partial charge in [0, 0.05) is 35.3 Å². The fourth-order valence-corrected chi connectivity index (χ4v) is 4.26. The third-order valence-corrected chi connectivity index (χ3v) is 5.54. The van der Waals surface area contributed by atoms with E-state index >= 15 is 0 Å². The Morgan fingerprint density at radius 2 is 2.16 bits per heavy atom. The minimum Gasteiger partial charge on any atom is -0.359 e. The molecule has 0 spiro atoms. The van der Waals surface area contributed by atoms with Crippen LogP contribution in [0, 0.1) is 0 Å². The van der Waals surface area contributed by atoms with Gasteiger partial charge in [-0.25, -0.2) is 0 Å². The molecule has 0 saturated carbocycles. The van der Waals surface area contributed by atoms with Crippen LogP contribution in [0.3, 0.4) is 0 Å². The lowest BCUT2D eigenvalue weighted by Gasteiger charge is -2.33. The summed E-state index contributed by atoms with van der Waals surface area (Å²) in [6.45, 7) is 0.984. The molecule has 128 valence electrons. The lowest BCUT2D eigenvalue weighted by Crippen LogP contribution is -2.42. The van der Waals surface area contributed by atoms with Gasteiger partial charge in [-0.3, -0.25) is 14.3 Å². The van der Waals surface area contributed by atoms with Gasteiger partial charge >= 0.3 is 0 Å². The molecule has 1 aliphatic rings. The number of amides is 2. The number of thiophene rings is 1. The lowest BCUT2D eigenvalue weighted by molar-refractivity contribution is -0.121. The van der Waals surface area contributed by atoms with Crippen LogP contribution in [0.1, 0.15) is 28.5 Å². The maximum atomic E-state index is 13.1. The molecule has 1 aliphatic heterocycles. The van der Waals surface area contributed by atoms with Crippen molar-refractivity contribution >= 4 is 33.2 Å². The highest BCUT2D eigenvalue weighted by atomic mass is 32.1. The first-order chi connectivity index (χ1) is 12.2. The number of hydrogen-bond donors (Lipinski definition) is 1. The Bertz CT molecular complexity index is 945. The van der Waals surface area contributed by atoms with Crippen molar-refractivity contribution in [1.29, 1.82) is 0 Å². The zero-order chi connectivity index (χ0) is 17.4.